The Hall–Kier alpha value is -1.07. The predicted molar refractivity (Wildman–Crippen MR) is 68.5 cm³/mol. The second-order valence-corrected chi connectivity index (χ2v) is 5.62. The molecule has 4 nitrogen and oxygen atoms in total. The second-order valence-electron chi connectivity index (χ2n) is 4.84. The predicted octanol–water partition coefficient (Wildman–Crippen LogP) is 3.59. The van der Waals surface area contributed by atoms with Crippen molar-refractivity contribution in [3.63, 3.8) is 0 Å². The van der Waals surface area contributed by atoms with Crippen LogP contribution in [-0.4, -0.2) is 10.5 Å². The Kier molecular flexibility index (Phi) is 3.40. The number of halogens is 1. The van der Waals surface area contributed by atoms with E-state index in [-0.39, 0.29) is 5.54 Å². The number of hydrogen-bond acceptors (Lipinski definition) is 4. The molecule has 0 amide bonds. The Morgan fingerprint density at radius 2 is 2.12 bits per heavy atom. The second kappa shape index (κ2) is 4.66. The zero-order valence-electron chi connectivity index (χ0n) is 10.1. The molecule has 92 valence electrons. The standard InChI is InChI=1S/C12H15BrN2O2/c1-12(2,3)15-6-8-11(16-7-14-8)9-4-5-10(13)17-9/h4-5,7,15H,6H2,1-3H3. The molecule has 2 heterocycles. The lowest BCUT2D eigenvalue weighted by atomic mass is 10.1. The van der Waals surface area contributed by atoms with Crippen LogP contribution in [0, 0.1) is 0 Å². The Labute approximate surface area is 109 Å². The fourth-order valence-electron chi connectivity index (χ4n) is 1.38. The van der Waals surface area contributed by atoms with E-state index >= 15 is 0 Å². The Morgan fingerprint density at radius 1 is 1.35 bits per heavy atom. The number of aromatic nitrogens is 1. The van der Waals surface area contributed by atoms with E-state index in [1.165, 1.54) is 6.39 Å². The van der Waals surface area contributed by atoms with E-state index in [4.69, 9.17) is 8.83 Å². The summed E-state index contributed by atoms with van der Waals surface area (Å²) in [6.07, 6.45) is 1.44. The van der Waals surface area contributed by atoms with Gasteiger partial charge in [0, 0.05) is 12.1 Å². The number of furan rings is 1. The summed E-state index contributed by atoms with van der Waals surface area (Å²) in [7, 11) is 0. The van der Waals surface area contributed by atoms with Gasteiger partial charge in [0.2, 0.25) is 0 Å². The van der Waals surface area contributed by atoms with E-state index < -0.39 is 0 Å². The van der Waals surface area contributed by atoms with E-state index in [1.807, 2.05) is 12.1 Å². The zero-order valence-corrected chi connectivity index (χ0v) is 11.7. The van der Waals surface area contributed by atoms with Gasteiger partial charge in [-0.3, -0.25) is 0 Å². The average Bonchev–Trinajstić information content (AvgIpc) is 2.81. The lowest BCUT2D eigenvalue weighted by Gasteiger charge is -2.19. The monoisotopic (exact) mass is 298 g/mol. The molecule has 0 aliphatic carbocycles. The highest BCUT2D eigenvalue weighted by Gasteiger charge is 2.16. The number of nitrogens with one attached hydrogen (secondary N) is 1. The lowest BCUT2D eigenvalue weighted by molar-refractivity contribution is 0.420. The third-order valence-electron chi connectivity index (χ3n) is 2.22. The third kappa shape index (κ3) is 3.20. The number of hydrogen-bond donors (Lipinski definition) is 1. The van der Waals surface area contributed by atoms with Crippen molar-refractivity contribution >= 4 is 15.9 Å². The molecule has 0 unspecified atom stereocenters. The van der Waals surface area contributed by atoms with Gasteiger partial charge in [0.05, 0.1) is 0 Å². The van der Waals surface area contributed by atoms with Gasteiger partial charge in [0.1, 0.15) is 5.69 Å². The fourth-order valence-corrected chi connectivity index (χ4v) is 1.69. The third-order valence-corrected chi connectivity index (χ3v) is 2.65. The van der Waals surface area contributed by atoms with Crippen molar-refractivity contribution in [2.75, 3.05) is 0 Å². The molecule has 2 aromatic heterocycles. The molecular weight excluding hydrogens is 284 g/mol. The molecule has 0 saturated heterocycles. The summed E-state index contributed by atoms with van der Waals surface area (Å²) < 4.78 is 11.5. The first-order valence-electron chi connectivity index (χ1n) is 5.39. The van der Waals surface area contributed by atoms with Crippen molar-refractivity contribution in [1.82, 2.24) is 10.3 Å². The van der Waals surface area contributed by atoms with Crippen LogP contribution in [0.2, 0.25) is 0 Å². The Balaban J connectivity index is 2.17. The molecule has 0 saturated carbocycles. The Bertz CT molecular complexity index is 497. The van der Waals surface area contributed by atoms with Crippen LogP contribution in [0.15, 0.2) is 32.0 Å². The van der Waals surface area contributed by atoms with E-state index in [2.05, 4.69) is 47.0 Å². The number of nitrogens with zero attached hydrogens (tertiary/aromatic N) is 1. The molecule has 0 bridgehead atoms. The molecule has 5 heteroatoms. The number of rotatable bonds is 3. The Morgan fingerprint density at radius 3 is 2.71 bits per heavy atom. The van der Waals surface area contributed by atoms with Gasteiger partial charge in [-0.2, -0.15) is 0 Å². The highest BCUT2D eigenvalue weighted by Crippen LogP contribution is 2.27. The van der Waals surface area contributed by atoms with Gasteiger partial charge in [-0.25, -0.2) is 4.98 Å². The molecule has 0 aromatic carbocycles. The van der Waals surface area contributed by atoms with Crippen molar-refractivity contribution in [2.45, 2.75) is 32.9 Å². The summed E-state index contributed by atoms with van der Waals surface area (Å²) in [6.45, 7) is 6.97. The zero-order chi connectivity index (χ0) is 12.5. The summed E-state index contributed by atoms with van der Waals surface area (Å²) in [5, 5.41) is 3.37. The minimum atomic E-state index is 0.0416. The van der Waals surface area contributed by atoms with Gasteiger partial charge in [-0.05, 0) is 48.8 Å². The van der Waals surface area contributed by atoms with E-state index in [9.17, 15) is 0 Å². The topological polar surface area (TPSA) is 51.2 Å². The molecular formula is C12H15BrN2O2. The maximum Gasteiger partial charge on any atom is 0.194 e. The van der Waals surface area contributed by atoms with Gasteiger partial charge in [0.15, 0.2) is 22.6 Å². The molecule has 0 aliphatic rings. The van der Waals surface area contributed by atoms with Crippen LogP contribution >= 0.6 is 15.9 Å². The number of oxazole rings is 1. The van der Waals surface area contributed by atoms with Crippen LogP contribution in [0.3, 0.4) is 0 Å². The SMILES string of the molecule is CC(C)(C)NCc1ncoc1-c1ccc(Br)o1. The van der Waals surface area contributed by atoms with E-state index in [0.717, 1.165) is 5.69 Å². The highest BCUT2D eigenvalue weighted by molar-refractivity contribution is 9.10. The van der Waals surface area contributed by atoms with Gasteiger partial charge >= 0.3 is 0 Å². The van der Waals surface area contributed by atoms with Crippen LogP contribution in [0.4, 0.5) is 0 Å². The molecule has 1 N–H and O–H groups in total. The molecule has 2 rings (SSSR count). The average molecular weight is 299 g/mol. The van der Waals surface area contributed by atoms with Crippen molar-refractivity contribution < 1.29 is 8.83 Å². The molecule has 0 spiro atoms. The van der Waals surface area contributed by atoms with E-state index in [1.54, 1.807) is 0 Å². The van der Waals surface area contributed by atoms with Crippen molar-refractivity contribution in [3.05, 3.63) is 28.9 Å². The minimum absolute atomic E-state index is 0.0416. The molecule has 0 atom stereocenters. The molecule has 17 heavy (non-hydrogen) atoms. The van der Waals surface area contributed by atoms with Gasteiger partial charge in [-0.1, -0.05) is 0 Å². The van der Waals surface area contributed by atoms with Crippen LogP contribution in [0.1, 0.15) is 26.5 Å². The van der Waals surface area contributed by atoms with Crippen LogP contribution in [-0.2, 0) is 6.54 Å². The van der Waals surface area contributed by atoms with Crippen LogP contribution < -0.4 is 5.32 Å². The van der Waals surface area contributed by atoms with Gasteiger partial charge < -0.3 is 14.2 Å². The first kappa shape index (κ1) is 12.4. The largest absolute Gasteiger partial charge is 0.446 e. The van der Waals surface area contributed by atoms with Crippen molar-refractivity contribution in [3.8, 4) is 11.5 Å². The molecule has 2 aromatic rings. The summed E-state index contributed by atoms with van der Waals surface area (Å²) >= 11 is 3.27. The molecule has 0 fully saturated rings. The summed E-state index contributed by atoms with van der Waals surface area (Å²) in [5.74, 6) is 1.35. The maximum atomic E-state index is 5.46. The minimum Gasteiger partial charge on any atom is -0.446 e. The van der Waals surface area contributed by atoms with Gasteiger partial charge in [0.25, 0.3) is 0 Å². The summed E-state index contributed by atoms with van der Waals surface area (Å²) in [6, 6.07) is 3.68. The fraction of sp³-hybridized carbons (Fsp3) is 0.417. The van der Waals surface area contributed by atoms with Crippen molar-refractivity contribution in [2.24, 2.45) is 0 Å². The van der Waals surface area contributed by atoms with Crippen molar-refractivity contribution in [1.29, 1.82) is 0 Å². The first-order chi connectivity index (χ1) is 7.96. The highest BCUT2D eigenvalue weighted by atomic mass is 79.9. The normalized spacial score (nSPS) is 12.0. The molecule has 0 radical (unpaired) electrons. The van der Waals surface area contributed by atoms with E-state index in [0.29, 0.717) is 22.7 Å². The summed E-state index contributed by atoms with van der Waals surface area (Å²) in [5.41, 5.74) is 0.891. The maximum absolute atomic E-state index is 5.46. The van der Waals surface area contributed by atoms with Crippen LogP contribution in [0.5, 0.6) is 0 Å². The van der Waals surface area contributed by atoms with Crippen LogP contribution in [0.25, 0.3) is 11.5 Å². The smallest absolute Gasteiger partial charge is 0.194 e. The first-order valence-corrected chi connectivity index (χ1v) is 6.18. The van der Waals surface area contributed by atoms with Gasteiger partial charge in [-0.15, -0.1) is 0 Å². The lowest BCUT2D eigenvalue weighted by Crippen LogP contribution is -2.35. The quantitative estimate of drug-likeness (QED) is 0.941. The molecule has 0 aliphatic heterocycles. The summed E-state index contributed by atoms with van der Waals surface area (Å²) in [4.78, 5) is 4.20.